The van der Waals surface area contributed by atoms with Crippen molar-refractivity contribution in [1.29, 1.82) is 0 Å². The third-order valence-electron chi connectivity index (χ3n) is 3.17. The SMILES string of the molecule is CCc1ccc(Cl)c(CC)c1NC(=O)NCC(O)COC. The number of carbonyl (C=O) groups excluding carboxylic acids is 1. The van der Waals surface area contributed by atoms with E-state index in [-0.39, 0.29) is 19.2 Å². The third-order valence-corrected chi connectivity index (χ3v) is 3.53. The average Bonchev–Trinajstić information content (AvgIpc) is 2.46. The van der Waals surface area contributed by atoms with E-state index in [2.05, 4.69) is 10.6 Å². The van der Waals surface area contributed by atoms with E-state index in [1.54, 1.807) is 0 Å². The molecule has 0 aromatic heterocycles. The highest BCUT2D eigenvalue weighted by molar-refractivity contribution is 6.31. The topological polar surface area (TPSA) is 70.6 Å². The van der Waals surface area contributed by atoms with Gasteiger partial charge in [-0.1, -0.05) is 31.5 Å². The highest BCUT2D eigenvalue weighted by Gasteiger charge is 2.13. The average molecular weight is 315 g/mol. The summed E-state index contributed by atoms with van der Waals surface area (Å²) in [4.78, 5) is 12.0. The van der Waals surface area contributed by atoms with Crippen LogP contribution in [0.5, 0.6) is 0 Å². The van der Waals surface area contributed by atoms with E-state index >= 15 is 0 Å². The summed E-state index contributed by atoms with van der Waals surface area (Å²) < 4.78 is 4.80. The van der Waals surface area contributed by atoms with E-state index in [0.717, 1.165) is 29.7 Å². The lowest BCUT2D eigenvalue weighted by Gasteiger charge is -2.17. The number of benzene rings is 1. The molecule has 0 aliphatic heterocycles. The molecular weight excluding hydrogens is 292 g/mol. The van der Waals surface area contributed by atoms with Gasteiger partial charge >= 0.3 is 6.03 Å². The van der Waals surface area contributed by atoms with Crippen LogP contribution >= 0.6 is 11.6 Å². The Bertz CT molecular complexity index is 480. The van der Waals surface area contributed by atoms with E-state index in [1.807, 2.05) is 26.0 Å². The fourth-order valence-electron chi connectivity index (χ4n) is 2.09. The summed E-state index contributed by atoms with van der Waals surface area (Å²) in [6, 6.07) is 3.40. The van der Waals surface area contributed by atoms with Crippen molar-refractivity contribution in [1.82, 2.24) is 5.32 Å². The van der Waals surface area contributed by atoms with Gasteiger partial charge in [0.2, 0.25) is 0 Å². The van der Waals surface area contributed by atoms with Gasteiger partial charge in [-0.05, 0) is 30.0 Å². The number of hydrogen-bond donors (Lipinski definition) is 3. The summed E-state index contributed by atoms with van der Waals surface area (Å²) in [5, 5.41) is 15.6. The van der Waals surface area contributed by atoms with Gasteiger partial charge < -0.3 is 20.5 Å². The molecule has 6 heteroatoms. The molecule has 2 amide bonds. The molecule has 1 atom stereocenters. The Hall–Kier alpha value is -1.30. The summed E-state index contributed by atoms with van der Waals surface area (Å²) in [7, 11) is 1.50. The summed E-state index contributed by atoms with van der Waals surface area (Å²) >= 11 is 6.18. The fourth-order valence-corrected chi connectivity index (χ4v) is 2.38. The van der Waals surface area contributed by atoms with Crippen LogP contribution in [0.2, 0.25) is 5.02 Å². The molecule has 1 rings (SSSR count). The number of ether oxygens (including phenoxy) is 1. The van der Waals surface area contributed by atoms with Crippen LogP contribution in [0.25, 0.3) is 0 Å². The number of aryl methyl sites for hydroxylation is 1. The van der Waals surface area contributed by atoms with Crippen molar-refractivity contribution in [2.75, 3.05) is 25.6 Å². The standard InChI is InChI=1S/C15H23ClN2O3/c1-4-10-6-7-13(16)12(5-2)14(10)18-15(20)17-8-11(19)9-21-3/h6-7,11,19H,4-5,8-9H2,1-3H3,(H2,17,18,20). The molecule has 21 heavy (non-hydrogen) atoms. The minimum atomic E-state index is -0.726. The van der Waals surface area contributed by atoms with Crippen molar-refractivity contribution < 1.29 is 14.6 Å². The number of rotatable bonds is 7. The molecule has 1 aromatic carbocycles. The first-order valence-electron chi connectivity index (χ1n) is 7.05. The van der Waals surface area contributed by atoms with Crippen LogP contribution in [0.15, 0.2) is 12.1 Å². The fraction of sp³-hybridized carbons (Fsp3) is 0.533. The van der Waals surface area contributed by atoms with Gasteiger partial charge in [-0.2, -0.15) is 0 Å². The summed E-state index contributed by atoms with van der Waals surface area (Å²) in [6.45, 7) is 4.32. The quantitative estimate of drug-likeness (QED) is 0.724. The first-order valence-corrected chi connectivity index (χ1v) is 7.43. The van der Waals surface area contributed by atoms with Gasteiger partial charge in [-0.25, -0.2) is 4.79 Å². The predicted octanol–water partition coefficient (Wildman–Crippen LogP) is 2.59. The largest absolute Gasteiger partial charge is 0.389 e. The molecule has 118 valence electrons. The monoisotopic (exact) mass is 314 g/mol. The number of carbonyl (C=O) groups is 1. The maximum Gasteiger partial charge on any atom is 0.319 e. The molecule has 3 N–H and O–H groups in total. The minimum Gasteiger partial charge on any atom is -0.389 e. The first-order chi connectivity index (χ1) is 10.0. The highest BCUT2D eigenvalue weighted by atomic mass is 35.5. The molecule has 1 unspecified atom stereocenters. The van der Waals surface area contributed by atoms with E-state index in [9.17, 15) is 9.90 Å². The highest BCUT2D eigenvalue weighted by Crippen LogP contribution is 2.29. The Balaban J connectivity index is 2.77. The first kappa shape index (κ1) is 17.8. The van der Waals surface area contributed by atoms with Gasteiger partial charge in [0, 0.05) is 18.7 Å². The van der Waals surface area contributed by atoms with Gasteiger partial charge in [0.25, 0.3) is 0 Å². The summed E-state index contributed by atoms with van der Waals surface area (Å²) in [6.07, 6.45) is 0.803. The zero-order valence-corrected chi connectivity index (χ0v) is 13.5. The lowest BCUT2D eigenvalue weighted by Crippen LogP contribution is -2.37. The predicted molar refractivity (Wildman–Crippen MR) is 85.1 cm³/mol. The second kappa shape index (κ2) is 8.87. The van der Waals surface area contributed by atoms with Crippen molar-refractivity contribution in [3.05, 3.63) is 28.3 Å². The second-order valence-corrected chi connectivity index (χ2v) is 5.12. The van der Waals surface area contributed by atoms with Crippen molar-refractivity contribution in [2.45, 2.75) is 32.8 Å². The Morgan fingerprint density at radius 3 is 2.67 bits per heavy atom. The number of anilines is 1. The lowest BCUT2D eigenvalue weighted by atomic mass is 10.0. The normalized spacial score (nSPS) is 12.0. The van der Waals surface area contributed by atoms with Gasteiger partial charge in [0.05, 0.1) is 18.4 Å². The molecule has 0 bridgehead atoms. The van der Waals surface area contributed by atoms with Crippen LogP contribution in [0.4, 0.5) is 10.5 Å². The van der Waals surface area contributed by atoms with Crippen LogP contribution in [-0.4, -0.2) is 37.5 Å². The van der Waals surface area contributed by atoms with Gasteiger partial charge in [0.15, 0.2) is 0 Å². The molecule has 0 saturated carbocycles. The number of urea groups is 1. The number of nitrogens with one attached hydrogen (secondary N) is 2. The number of halogens is 1. The maximum absolute atomic E-state index is 12.0. The van der Waals surface area contributed by atoms with Gasteiger partial charge in [-0.3, -0.25) is 0 Å². The van der Waals surface area contributed by atoms with E-state index in [0.29, 0.717) is 5.02 Å². The van der Waals surface area contributed by atoms with Crippen molar-refractivity contribution in [3.8, 4) is 0 Å². The van der Waals surface area contributed by atoms with E-state index in [1.165, 1.54) is 7.11 Å². The smallest absolute Gasteiger partial charge is 0.319 e. The van der Waals surface area contributed by atoms with Crippen LogP contribution < -0.4 is 10.6 Å². The van der Waals surface area contributed by atoms with Crippen LogP contribution in [-0.2, 0) is 17.6 Å². The molecule has 0 radical (unpaired) electrons. The van der Waals surface area contributed by atoms with E-state index < -0.39 is 6.10 Å². The zero-order valence-electron chi connectivity index (χ0n) is 12.7. The summed E-state index contributed by atoms with van der Waals surface area (Å²) in [5.74, 6) is 0. The number of aliphatic hydroxyl groups excluding tert-OH is 1. The molecule has 0 fully saturated rings. The molecule has 0 spiro atoms. The van der Waals surface area contributed by atoms with Crippen molar-refractivity contribution in [3.63, 3.8) is 0 Å². The number of amides is 2. The van der Waals surface area contributed by atoms with Crippen LogP contribution in [0, 0.1) is 0 Å². The number of hydrogen-bond acceptors (Lipinski definition) is 3. The number of methoxy groups -OCH3 is 1. The number of aliphatic hydroxyl groups is 1. The Morgan fingerprint density at radius 2 is 2.10 bits per heavy atom. The van der Waals surface area contributed by atoms with Crippen molar-refractivity contribution in [2.24, 2.45) is 0 Å². The second-order valence-electron chi connectivity index (χ2n) is 4.71. The summed E-state index contributed by atoms with van der Waals surface area (Å²) in [5.41, 5.74) is 2.71. The van der Waals surface area contributed by atoms with Crippen LogP contribution in [0.1, 0.15) is 25.0 Å². The Labute approximate surface area is 130 Å². The third kappa shape index (κ3) is 5.19. The van der Waals surface area contributed by atoms with Gasteiger partial charge in [0.1, 0.15) is 0 Å². The molecule has 0 saturated heterocycles. The van der Waals surface area contributed by atoms with Crippen LogP contribution in [0.3, 0.4) is 0 Å². The molecule has 5 nitrogen and oxygen atoms in total. The maximum atomic E-state index is 12.0. The molecule has 0 aliphatic rings. The van der Waals surface area contributed by atoms with Crippen molar-refractivity contribution >= 4 is 23.3 Å². The molecule has 0 heterocycles. The molecule has 0 aliphatic carbocycles. The Morgan fingerprint density at radius 1 is 1.38 bits per heavy atom. The van der Waals surface area contributed by atoms with Gasteiger partial charge in [-0.15, -0.1) is 0 Å². The lowest BCUT2D eigenvalue weighted by molar-refractivity contribution is 0.0663. The molecular formula is C15H23ClN2O3. The van der Waals surface area contributed by atoms with E-state index in [4.69, 9.17) is 16.3 Å². The molecule has 1 aromatic rings. The Kier molecular flexibility index (Phi) is 7.50. The minimum absolute atomic E-state index is 0.128. The zero-order chi connectivity index (χ0) is 15.8.